The summed E-state index contributed by atoms with van der Waals surface area (Å²) in [6.07, 6.45) is 3.82. The molecule has 2 heterocycles. The number of carbonyl (C=O) groups is 1. The van der Waals surface area contributed by atoms with Crippen LogP contribution in [-0.2, 0) is 0 Å². The van der Waals surface area contributed by atoms with Gasteiger partial charge in [0, 0.05) is 22.7 Å². The predicted octanol–water partition coefficient (Wildman–Crippen LogP) is 4.98. The van der Waals surface area contributed by atoms with E-state index in [0.717, 1.165) is 11.3 Å². The van der Waals surface area contributed by atoms with Gasteiger partial charge in [0.2, 0.25) is 0 Å². The van der Waals surface area contributed by atoms with Gasteiger partial charge in [-0.3, -0.25) is 4.79 Å². The maximum absolute atomic E-state index is 14.1. The number of carbonyl (C=O) groups excluding carboxylic acids is 1. The third-order valence-electron chi connectivity index (χ3n) is 6.72. The van der Waals surface area contributed by atoms with Gasteiger partial charge in [0.1, 0.15) is 11.8 Å². The fourth-order valence-electron chi connectivity index (χ4n) is 5.27. The minimum absolute atomic E-state index is 0.131. The number of hydrogen-bond donors (Lipinski definition) is 0. The summed E-state index contributed by atoms with van der Waals surface area (Å²) < 4.78 is 5.63. The van der Waals surface area contributed by atoms with E-state index in [1.807, 2.05) is 77.7 Å². The zero-order valence-electron chi connectivity index (χ0n) is 18.1. The van der Waals surface area contributed by atoms with E-state index >= 15 is 0 Å². The van der Waals surface area contributed by atoms with E-state index in [4.69, 9.17) is 4.74 Å². The van der Waals surface area contributed by atoms with Crippen molar-refractivity contribution in [1.29, 1.82) is 10.5 Å². The SMILES string of the molecule is COc1ccccc1[C@@H]1[C@@H](C(=O)c2ccccc2)N2c3ccccc3C=C[C@H]2C1(C#N)C#N. The van der Waals surface area contributed by atoms with Gasteiger partial charge in [-0.15, -0.1) is 0 Å². The highest BCUT2D eigenvalue weighted by Gasteiger charge is 2.63. The van der Waals surface area contributed by atoms with Gasteiger partial charge in [-0.25, -0.2) is 0 Å². The van der Waals surface area contributed by atoms with E-state index in [1.165, 1.54) is 0 Å². The maximum atomic E-state index is 14.1. The first-order valence-corrected chi connectivity index (χ1v) is 10.8. The summed E-state index contributed by atoms with van der Waals surface area (Å²) in [6, 6.07) is 27.5. The highest BCUT2D eigenvalue weighted by atomic mass is 16.5. The first-order valence-electron chi connectivity index (χ1n) is 10.8. The third-order valence-corrected chi connectivity index (χ3v) is 6.72. The molecule has 3 atom stereocenters. The predicted molar refractivity (Wildman–Crippen MR) is 126 cm³/mol. The lowest BCUT2D eigenvalue weighted by molar-refractivity contribution is 0.0950. The van der Waals surface area contributed by atoms with Crippen LogP contribution < -0.4 is 9.64 Å². The molecule has 0 saturated carbocycles. The number of benzene rings is 3. The molecule has 5 nitrogen and oxygen atoms in total. The monoisotopic (exact) mass is 431 g/mol. The minimum atomic E-state index is -1.49. The number of nitriles is 2. The van der Waals surface area contributed by atoms with Gasteiger partial charge in [0.15, 0.2) is 11.2 Å². The van der Waals surface area contributed by atoms with Gasteiger partial charge >= 0.3 is 0 Å². The molecule has 0 radical (unpaired) electrons. The molecule has 0 aliphatic carbocycles. The fourth-order valence-corrected chi connectivity index (χ4v) is 5.27. The number of methoxy groups -OCH3 is 1. The second-order valence-corrected chi connectivity index (χ2v) is 8.26. The second kappa shape index (κ2) is 7.97. The van der Waals surface area contributed by atoms with Crippen LogP contribution >= 0.6 is 0 Å². The Bertz CT molecular complexity index is 1320. The van der Waals surface area contributed by atoms with Crippen molar-refractivity contribution in [1.82, 2.24) is 0 Å². The summed E-state index contributed by atoms with van der Waals surface area (Å²) in [6.45, 7) is 0. The Morgan fingerprint density at radius 2 is 1.61 bits per heavy atom. The van der Waals surface area contributed by atoms with Crippen LogP contribution in [0, 0.1) is 28.1 Å². The van der Waals surface area contributed by atoms with Crippen LogP contribution in [0.4, 0.5) is 5.69 Å². The van der Waals surface area contributed by atoms with Gasteiger partial charge in [-0.05, 0) is 17.7 Å². The molecule has 0 unspecified atom stereocenters. The third kappa shape index (κ3) is 2.94. The molecule has 0 aromatic heterocycles. The van der Waals surface area contributed by atoms with E-state index in [-0.39, 0.29) is 5.78 Å². The summed E-state index contributed by atoms with van der Waals surface area (Å²) in [5, 5.41) is 21.0. The summed E-state index contributed by atoms with van der Waals surface area (Å²) in [4.78, 5) is 16.1. The summed E-state index contributed by atoms with van der Waals surface area (Å²) in [7, 11) is 1.56. The molecule has 5 rings (SSSR count). The molecule has 160 valence electrons. The minimum Gasteiger partial charge on any atom is -0.496 e. The lowest BCUT2D eigenvalue weighted by Gasteiger charge is -2.35. The van der Waals surface area contributed by atoms with Gasteiger partial charge in [-0.1, -0.05) is 78.9 Å². The molecule has 3 aromatic rings. The normalized spacial score (nSPS) is 21.9. The molecule has 0 bridgehead atoms. The van der Waals surface area contributed by atoms with Gasteiger partial charge in [-0.2, -0.15) is 10.5 Å². The van der Waals surface area contributed by atoms with Crippen LogP contribution in [0.2, 0.25) is 0 Å². The molecule has 2 aliphatic rings. The molecule has 5 heteroatoms. The zero-order chi connectivity index (χ0) is 23.0. The molecule has 3 aromatic carbocycles. The van der Waals surface area contributed by atoms with Crippen LogP contribution in [0.3, 0.4) is 0 Å². The Labute approximate surface area is 192 Å². The highest BCUT2D eigenvalue weighted by Crippen LogP contribution is 2.56. The number of anilines is 1. The maximum Gasteiger partial charge on any atom is 0.185 e. The number of fused-ring (bicyclic) bond motifs is 3. The van der Waals surface area contributed by atoms with Crippen LogP contribution in [-0.4, -0.2) is 25.0 Å². The Kier molecular flexibility index (Phi) is 4.96. The van der Waals surface area contributed by atoms with Gasteiger partial charge in [0.05, 0.1) is 25.3 Å². The number of ketones is 1. The second-order valence-electron chi connectivity index (χ2n) is 8.26. The number of hydrogen-bond acceptors (Lipinski definition) is 5. The van der Waals surface area contributed by atoms with Crippen molar-refractivity contribution in [2.24, 2.45) is 5.41 Å². The standard InChI is InChI=1S/C28H21N3O2/c1-33-23-14-8-6-12-21(23)25-26(27(32)20-10-3-2-4-11-20)31-22-13-7-5-9-19(22)15-16-24(31)28(25,17-29)18-30/h2-16,24-26H,1H3/t24-,25+,26-/m0/s1. The van der Waals surface area contributed by atoms with E-state index in [2.05, 4.69) is 12.1 Å². The molecule has 0 amide bonds. The summed E-state index contributed by atoms with van der Waals surface area (Å²) in [5.41, 5.74) is 1.52. The van der Waals surface area contributed by atoms with Crippen LogP contribution in [0.25, 0.3) is 6.08 Å². The molecule has 2 aliphatic heterocycles. The fraction of sp³-hybridized carbons (Fsp3) is 0.179. The van der Waals surface area contributed by atoms with Crippen molar-refractivity contribution < 1.29 is 9.53 Å². The van der Waals surface area contributed by atoms with E-state index in [1.54, 1.807) is 25.3 Å². The Balaban J connectivity index is 1.82. The van der Waals surface area contributed by atoms with E-state index < -0.39 is 23.4 Å². The molecule has 1 fully saturated rings. The highest BCUT2D eigenvalue weighted by molar-refractivity contribution is 6.04. The lowest BCUT2D eigenvalue weighted by atomic mass is 9.69. The molecule has 0 spiro atoms. The number of nitrogens with zero attached hydrogens (tertiary/aromatic N) is 3. The van der Waals surface area contributed by atoms with Gasteiger partial charge in [0.25, 0.3) is 0 Å². The van der Waals surface area contributed by atoms with Crippen LogP contribution in [0.15, 0.2) is 84.9 Å². The Morgan fingerprint density at radius 1 is 0.939 bits per heavy atom. The van der Waals surface area contributed by atoms with Crippen LogP contribution in [0.1, 0.15) is 27.4 Å². The Hall–Kier alpha value is -4.35. The molecule has 0 N–H and O–H groups in total. The van der Waals surface area contributed by atoms with Gasteiger partial charge < -0.3 is 9.64 Å². The van der Waals surface area contributed by atoms with Crippen LogP contribution in [0.5, 0.6) is 5.75 Å². The summed E-state index contributed by atoms with van der Waals surface area (Å²) >= 11 is 0. The topological polar surface area (TPSA) is 77.1 Å². The number of rotatable bonds is 4. The number of ether oxygens (including phenoxy) is 1. The molecular formula is C28H21N3O2. The van der Waals surface area contributed by atoms with Crippen molar-refractivity contribution in [3.05, 3.63) is 102 Å². The molecule has 33 heavy (non-hydrogen) atoms. The molecular weight excluding hydrogens is 410 g/mol. The largest absolute Gasteiger partial charge is 0.496 e. The average Bonchev–Trinajstić information content (AvgIpc) is 3.19. The quantitative estimate of drug-likeness (QED) is 0.545. The van der Waals surface area contributed by atoms with E-state index in [9.17, 15) is 15.3 Å². The summed E-state index contributed by atoms with van der Waals surface area (Å²) in [5.74, 6) is -0.300. The number of Topliss-reactive ketones (excluding diaryl/α,β-unsaturated/α-hetero) is 1. The first-order chi connectivity index (χ1) is 16.2. The van der Waals surface area contributed by atoms with Crippen molar-refractivity contribution in [3.8, 4) is 17.9 Å². The Morgan fingerprint density at radius 3 is 2.33 bits per heavy atom. The van der Waals surface area contributed by atoms with Crippen molar-refractivity contribution in [2.45, 2.75) is 18.0 Å². The first kappa shape index (κ1) is 20.5. The zero-order valence-corrected chi connectivity index (χ0v) is 18.1. The van der Waals surface area contributed by atoms with Crippen molar-refractivity contribution in [2.75, 3.05) is 12.0 Å². The number of para-hydroxylation sites is 2. The average molecular weight is 431 g/mol. The smallest absolute Gasteiger partial charge is 0.185 e. The molecule has 1 saturated heterocycles. The lowest BCUT2D eigenvalue weighted by Crippen LogP contribution is -2.44. The van der Waals surface area contributed by atoms with Crippen molar-refractivity contribution >= 4 is 17.5 Å². The van der Waals surface area contributed by atoms with Crippen molar-refractivity contribution in [3.63, 3.8) is 0 Å². The van der Waals surface area contributed by atoms with E-state index in [0.29, 0.717) is 16.9 Å².